The van der Waals surface area contributed by atoms with Crippen LogP contribution in [0.25, 0.3) is 0 Å². The molecule has 0 heterocycles. The fourth-order valence-corrected chi connectivity index (χ4v) is 2.30. The molecule has 0 bridgehead atoms. The average molecular weight is 296 g/mol. The molecule has 1 atom stereocenters. The van der Waals surface area contributed by atoms with Crippen LogP contribution in [0.4, 0.5) is 4.39 Å². The van der Waals surface area contributed by atoms with Crippen molar-refractivity contribution >= 4 is 11.6 Å². The van der Waals surface area contributed by atoms with Gasteiger partial charge < -0.3 is 15.2 Å². The minimum Gasteiger partial charge on any atom is -0.493 e. The maximum atomic E-state index is 13.9. The SMILES string of the molecule is COc1ccc(C(N)c2c(F)cccc2Cl)cc1OC. The third-order valence-electron chi connectivity index (χ3n) is 3.08. The number of rotatable bonds is 4. The average Bonchev–Trinajstić information content (AvgIpc) is 2.46. The van der Waals surface area contributed by atoms with Crippen molar-refractivity contribution in [1.82, 2.24) is 0 Å². The maximum absolute atomic E-state index is 13.9. The first kappa shape index (κ1) is 14.6. The lowest BCUT2D eigenvalue weighted by molar-refractivity contribution is 0.354. The third-order valence-corrected chi connectivity index (χ3v) is 3.41. The van der Waals surface area contributed by atoms with Gasteiger partial charge in [-0.25, -0.2) is 4.39 Å². The van der Waals surface area contributed by atoms with Gasteiger partial charge in [-0.15, -0.1) is 0 Å². The van der Waals surface area contributed by atoms with Crippen LogP contribution in [0.3, 0.4) is 0 Å². The Hall–Kier alpha value is -1.78. The fourth-order valence-electron chi connectivity index (χ4n) is 2.02. The van der Waals surface area contributed by atoms with E-state index in [0.29, 0.717) is 22.1 Å². The molecule has 3 nitrogen and oxygen atoms in total. The number of benzene rings is 2. The molecule has 5 heteroatoms. The van der Waals surface area contributed by atoms with Crippen LogP contribution in [0.1, 0.15) is 17.2 Å². The van der Waals surface area contributed by atoms with Crippen molar-refractivity contribution in [3.05, 3.63) is 58.4 Å². The number of nitrogens with two attached hydrogens (primary N) is 1. The van der Waals surface area contributed by atoms with Crippen LogP contribution in [-0.2, 0) is 0 Å². The first-order valence-corrected chi connectivity index (χ1v) is 6.37. The Balaban J connectivity index is 2.46. The van der Waals surface area contributed by atoms with E-state index in [9.17, 15) is 4.39 Å². The topological polar surface area (TPSA) is 44.5 Å². The quantitative estimate of drug-likeness (QED) is 0.938. The normalized spacial score (nSPS) is 12.1. The molecule has 0 amide bonds. The number of halogens is 2. The molecule has 106 valence electrons. The summed E-state index contributed by atoms with van der Waals surface area (Å²) in [6.45, 7) is 0. The van der Waals surface area contributed by atoms with E-state index < -0.39 is 11.9 Å². The lowest BCUT2D eigenvalue weighted by Crippen LogP contribution is -2.14. The molecular formula is C15H15ClFNO2. The predicted octanol–water partition coefficient (Wildman–Crippen LogP) is 3.54. The second-order valence-electron chi connectivity index (χ2n) is 4.23. The molecule has 0 saturated carbocycles. The Bertz CT molecular complexity index is 599. The van der Waals surface area contributed by atoms with Gasteiger partial charge in [-0.3, -0.25) is 0 Å². The van der Waals surface area contributed by atoms with E-state index in [2.05, 4.69) is 0 Å². The minimum absolute atomic E-state index is 0.265. The third kappa shape index (κ3) is 2.71. The molecule has 0 fully saturated rings. The summed E-state index contributed by atoms with van der Waals surface area (Å²) in [6, 6.07) is 9.01. The van der Waals surface area contributed by atoms with E-state index in [4.69, 9.17) is 26.8 Å². The van der Waals surface area contributed by atoms with Gasteiger partial charge in [0.25, 0.3) is 0 Å². The van der Waals surface area contributed by atoms with Gasteiger partial charge in [0, 0.05) is 10.6 Å². The molecule has 2 rings (SSSR count). The van der Waals surface area contributed by atoms with E-state index in [1.165, 1.54) is 13.2 Å². The van der Waals surface area contributed by atoms with Gasteiger partial charge in [-0.05, 0) is 29.8 Å². The van der Waals surface area contributed by atoms with Crippen LogP contribution in [0, 0.1) is 5.82 Å². The molecule has 2 N–H and O–H groups in total. The fraction of sp³-hybridized carbons (Fsp3) is 0.200. The first-order chi connectivity index (χ1) is 9.58. The highest BCUT2D eigenvalue weighted by atomic mass is 35.5. The van der Waals surface area contributed by atoms with Crippen molar-refractivity contribution in [2.45, 2.75) is 6.04 Å². The summed E-state index contributed by atoms with van der Waals surface area (Å²) in [6.07, 6.45) is 0. The Labute approximate surface area is 122 Å². The molecular weight excluding hydrogens is 281 g/mol. The van der Waals surface area contributed by atoms with Crippen molar-refractivity contribution < 1.29 is 13.9 Å². The molecule has 1 unspecified atom stereocenters. The Morgan fingerprint density at radius 1 is 1.10 bits per heavy atom. The summed E-state index contributed by atoms with van der Waals surface area (Å²) in [5.41, 5.74) is 7.07. The van der Waals surface area contributed by atoms with Gasteiger partial charge in [-0.2, -0.15) is 0 Å². The highest BCUT2D eigenvalue weighted by Gasteiger charge is 2.18. The van der Waals surface area contributed by atoms with Gasteiger partial charge >= 0.3 is 0 Å². The number of methoxy groups -OCH3 is 2. The second kappa shape index (κ2) is 6.11. The number of hydrogen-bond donors (Lipinski definition) is 1. The number of hydrogen-bond acceptors (Lipinski definition) is 3. The zero-order valence-corrected chi connectivity index (χ0v) is 11.9. The predicted molar refractivity (Wildman–Crippen MR) is 77.0 cm³/mol. The van der Waals surface area contributed by atoms with Crippen LogP contribution in [0.5, 0.6) is 11.5 Å². The molecule has 0 aliphatic rings. The standard InChI is InChI=1S/C15H15ClFNO2/c1-19-12-7-6-9(8-13(12)20-2)15(18)14-10(16)4-3-5-11(14)17/h3-8,15H,18H2,1-2H3. The largest absolute Gasteiger partial charge is 0.493 e. The van der Waals surface area contributed by atoms with E-state index in [0.717, 1.165) is 0 Å². The Morgan fingerprint density at radius 3 is 2.40 bits per heavy atom. The second-order valence-corrected chi connectivity index (χ2v) is 4.63. The Morgan fingerprint density at radius 2 is 1.80 bits per heavy atom. The maximum Gasteiger partial charge on any atom is 0.161 e. The van der Waals surface area contributed by atoms with E-state index in [-0.39, 0.29) is 5.56 Å². The summed E-state index contributed by atoms with van der Waals surface area (Å²) >= 11 is 6.03. The highest BCUT2D eigenvalue weighted by Crippen LogP contribution is 2.34. The van der Waals surface area contributed by atoms with Crippen molar-refractivity contribution in [2.24, 2.45) is 5.73 Å². The van der Waals surface area contributed by atoms with Crippen molar-refractivity contribution in [3.8, 4) is 11.5 Å². The summed E-state index contributed by atoms with van der Waals surface area (Å²) < 4.78 is 24.3. The van der Waals surface area contributed by atoms with Gasteiger partial charge in [0.15, 0.2) is 11.5 Å². The van der Waals surface area contributed by atoms with E-state index >= 15 is 0 Å². The molecule has 2 aromatic carbocycles. The summed E-state index contributed by atoms with van der Waals surface area (Å²) in [5, 5.41) is 0.298. The molecule has 0 spiro atoms. The molecule has 0 aliphatic heterocycles. The highest BCUT2D eigenvalue weighted by molar-refractivity contribution is 6.31. The van der Waals surface area contributed by atoms with Gasteiger partial charge in [-0.1, -0.05) is 23.7 Å². The van der Waals surface area contributed by atoms with Gasteiger partial charge in [0.2, 0.25) is 0 Å². The lowest BCUT2D eigenvalue weighted by atomic mass is 9.98. The summed E-state index contributed by atoms with van der Waals surface area (Å²) in [4.78, 5) is 0. The molecule has 2 aromatic rings. The molecule has 0 aromatic heterocycles. The zero-order chi connectivity index (χ0) is 14.7. The van der Waals surface area contributed by atoms with Crippen LogP contribution in [0.2, 0.25) is 5.02 Å². The first-order valence-electron chi connectivity index (χ1n) is 6.00. The van der Waals surface area contributed by atoms with Crippen LogP contribution in [-0.4, -0.2) is 14.2 Å². The zero-order valence-electron chi connectivity index (χ0n) is 11.2. The van der Waals surface area contributed by atoms with Crippen LogP contribution in [0.15, 0.2) is 36.4 Å². The van der Waals surface area contributed by atoms with Crippen LogP contribution < -0.4 is 15.2 Å². The molecule has 20 heavy (non-hydrogen) atoms. The van der Waals surface area contributed by atoms with Crippen molar-refractivity contribution in [2.75, 3.05) is 14.2 Å². The van der Waals surface area contributed by atoms with E-state index in [1.807, 2.05) is 0 Å². The van der Waals surface area contributed by atoms with Gasteiger partial charge in [0.05, 0.1) is 20.3 Å². The summed E-state index contributed by atoms with van der Waals surface area (Å²) in [7, 11) is 3.08. The Kier molecular flexibility index (Phi) is 4.47. The molecule has 0 saturated heterocycles. The number of ether oxygens (including phenoxy) is 2. The minimum atomic E-state index is -0.677. The van der Waals surface area contributed by atoms with Crippen LogP contribution >= 0.6 is 11.6 Å². The van der Waals surface area contributed by atoms with E-state index in [1.54, 1.807) is 37.4 Å². The van der Waals surface area contributed by atoms with Crippen molar-refractivity contribution in [1.29, 1.82) is 0 Å². The lowest BCUT2D eigenvalue weighted by Gasteiger charge is -2.17. The molecule has 0 aliphatic carbocycles. The summed E-state index contributed by atoms with van der Waals surface area (Å²) in [5.74, 6) is 0.691. The van der Waals surface area contributed by atoms with Crippen molar-refractivity contribution in [3.63, 3.8) is 0 Å². The monoisotopic (exact) mass is 295 g/mol. The smallest absolute Gasteiger partial charge is 0.161 e. The molecule has 0 radical (unpaired) electrons. The van der Waals surface area contributed by atoms with Gasteiger partial charge in [0.1, 0.15) is 5.82 Å².